The van der Waals surface area contributed by atoms with Crippen molar-refractivity contribution in [2.45, 2.75) is 13.3 Å². The SMILES string of the molecule is CCOC(=O)Cc1ccc(NC(=O)c2csc3ccccc23)c(Cl)c1. The van der Waals surface area contributed by atoms with Gasteiger partial charge >= 0.3 is 5.97 Å². The highest BCUT2D eigenvalue weighted by Gasteiger charge is 2.14. The number of anilines is 1. The van der Waals surface area contributed by atoms with Crippen LogP contribution < -0.4 is 5.32 Å². The average Bonchev–Trinajstić information content (AvgIpc) is 3.01. The molecule has 3 rings (SSSR count). The first-order valence-electron chi connectivity index (χ1n) is 7.80. The fourth-order valence-electron chi connectivity index (χ4n) is 2.49. The summed E-state index contributed by atoms with van der Waals surface area (Å²) < 4.78 is 5.98. The second-order valence-electron chi connectivity index (χ2n) is 5.40. The van der Waals surface area contributed by atoms with Crippen molar-refractivity contribution < 1.29 is 14.3 Å². The minimum absolute atomic E-state index is 0.150. The van der Waals surface area contributed by atoms with Crippen LogP contribution in [0.25, 0.3) is 10.1 Å². The van der Waals surface area contributed by atoms with Crippen LogP contribution in [0.2, 0.25) is 5.02 Å². The van der Waals surface area contributed by atoms with Gasteiger partial charge in [-0.25, -0.2) is 0 Å². The predicted molar refractivity (Wildman–Crippen MR) is 102 cm³/mol. The van der Waals surface area contributed by atoms with E-state index >= 15 is 0 Å². The molecule has 0 unspecified atom stereocenters. The van der Waals surface area contributed by atoms with E-state index in [1.807, 2.05) is 29.6 Å². The average molecular weight is 374 g/mol. The van der Waals surface area contributed by atoms with Crippen molar-refractivity contribution in [3.8, 4) is 0 Å². The largest absolute Gasteiger partial charge is 0.466 e. The quantitative estimate of drug-likeness (QED) is 0.646. The number of carbonyl (C=O) groups is 2. The van der Waals surface area contributed by atoms with Gasteiger partial charge in [-0.1, -0.05) is 35.9 Å². The van der Waals surface area contributed by atoms with Crippen molar-refractivity contribution in [1.82, 2.24) is 0 Å². The molecular weight excluding hydrogens is 358 g/mol. The lowest BCUT2D eigenvalue weighted by atomic mass is 10.1. The van der Waals surface area contributed by atoms with Gasteiger partial charge in [-0.2, -0.15) is 0 Å². The monoisotopic (exact) mass is 373 g/mol. The maximum atomic E-state index is 12.6. The molecule has 1 N–H and O–H groups in total. The minimum Gasteiger partial charge on any atom is -0.466 e. The highest BCUT2D eigenvalue weighted by molar-refractivity contribution is 7.17. The van der Waals surface area contributed by atoms with Gasteiger partial charge in [-0.05, 0) is 30.7 Å². The second kappa shape index (κ2) is 7.68. The van der Waals surface area contributed by atoms with Crippen LogP contribution in [0.1, 0.15) is 22.8 Å². The van der Waals surface area contributed by atoms with Crippen LogP contribution >= 0.6 is 22.9 Å². The Hall–Kier alpha value is -2.37. The standard InChI is InChI=1S/C19H16ClNO3S/c1-2-24-18(22)10-12-7-8-16(15(20)9-12)21-19(23)14-11-25-17-6-4-3-5-13(14)17/h3-9,11H,2,10H2,1H3,(H,21,23). The van der Waals surface area contributed by atoms with Crippen molar-refractivity contribution in [3.05, 3.63) is 64.0 Å². The van der Waals surface area contributed by atoms with Crippen LogP contribution in [0.3, 0.4) is 0 Å². The number of fused-ring (bicyclic) bond motifs is 1. The van der Waals surface area contributed by atoms with Crippen LogP contribution in [0.4, 0.5) is 5.69 Å². The van der Waals surface area contributed by atoms with E-state index in [1.54, 1.807) is 25.1 Å². The van der Waals surface area contributed by atoms with E-state index in [2.05, 4.69) is 5.32 Å². The van der Waals surface area contributed by atoms with Crippen LogP contribution in [-0.4, -0.2) is 18.5 Å². The molecule has 0 aliphatic rings. The number of esters is 1. The number of nitrogens with one attached hydrogen (secondary N) is 1. The van der Waals surface area contributed by atoms with Crippen LogP contribution in [0, 0.1) is 0 Å². The van der Waals surface area contributed by atoms with E-state index in [1.165, 1.54) is 11.3 Å². The number of hydrogen-bond donors (Lipinski definition) is 1. The summed E-state index contributed by atoms with van der Waals surface area (Å²) in [7, 11) is 0. The normalized spacial score (nSPS) is 10.6. The first-order chi connectivity index (χ1) is 12.1. The number of thiophene rings is 1. The Morgan fingerprint density at radius 2 is 2.00 bits per heavy atom. The highest BCUT2D eigenvalue weighted by atomic mass is 35.5. The molecule has 0 saturated heterocycles. The second-order valence-corrected chi connectivity index (χ2v) is 6.71. The lowest BCUT2D eigenvalue weighted by Crippen LogP contribution is -2.12. The van der Waals surface area contributed by atoms with Gasteiger partial charge in [0.2, 0.25) is 0 Å². The van der Waals surface area contributed by atoms with Gasteiger partial charge in [-0.15, -0.1) is 11.3 Å². The van der Waals surface area contributed by atoms with Gasteiger partial charge in [0, 0.05) is 15.5 Å². The summed E-state index contributed by atoms with van der Waals surface area (Å²) in [5.74, 6) is -0.516. The summed E-state index contributed by atoms with van der Waals surface area (Å²) in [5.41, 5.74) is 1.87. The number of hydrogen-bond acceptors (Lipinski definition) is 4. The third-order valence-electron chi connectivity index (χ3n) is 3.66. The third-order valence-corrected chi connectivity index (χ3v) is 4.94. The fraction of sp³-hybridized carbons (Fsp3) is 0.158. The van der Waals surface area contributed by atoms with Crippen molar-refractivity contribution in [1.29, 1.82) is 0 Å². The maximum absolute atomic E-state index is 12.6. The summed E-state index contributed by atoms with van der Waals surface area (Å²) >= 11 is 7.78. The number of carbonyl (C=O) groups excluding carboxylic acids is 2. The fourth-order valence-corrected chi connectivity index (χ4v) is 3.68. The van der Waals surface area contributed by atoms with Crippen LogP contribution in [0.5, 0.6) is 0 Å². The zero-order chi connectivity index (χ0) is 17.8. The molecule has 1 aromatic heterocycles. The zero-order valence-corrected chi connectivity index (χ0v) is 15.1. The Bertz CT molecular complexity index is 935. The maximum Gasteiger partial charge on any atom is 0.310 e. The Labute approximate surface area is 154 Å². The number of ether oxygens (including phenoxy) is 1. The molecule has 0 radical (unpaired) electrons. The van der Waals surface area contributed by atoms with Crippen LogP contribution in [-0.2, 0) is 16.0 Å². The number of benzene rings is 2. The molecule has 0 fully saturated rings. The number of rotatable bonds is 5. The molecule has 4 nitrogen and oxygen atoms in total. The molecule has 1 heterocycles. The summed E-state index contributed by atoms with van der Waals surface area (Å²) in [6.45, 7) is 2.10. The van der Waals surface area contributed by atoms with E-state index in [4.69, 9.17) is 16.3 Å². The first-order valence-corrected chi connectivity index (χ1v) is 9.06. The summed E-state index contributed by atoms with van der Waals surface area (Å²) in [6, 6.07) is 12.9. The minimum atomic E-state index is -0.305. The molecule has 6 heteroatoms. The van der Waals surface area contributed by atoms with Crippen molar-refractivity contribution >= 4 is 50.6 Å². The summed E-state index contributed by atoms with van der Waals surface area (Å²) in [6.07, 6.45) is 0.150. The lowest BCUT2D eigenvalue weighted by Gasteiger charge is -2.09. The Morgan fingerprint density at radius 3 is 2.76 bits per heavy atom. The van der Waals surface area contributed by atoms with Gasteiger partial charge in [0.15, 0.2) is 0 Å². The smallest absolute Gasteiger partial charge is 0.310 e. The Kier molecular flexibility index (Phi) is 5.36. The number of halogens is 1. The third kappa shape index (κ3) is 4.00. The summed E-state index contributed by atoms with van der Waals surface area (Å²) in [4.78, 5) is 24.1. The first kappa shape index (κ1) is 17.5. The molecule has 1 amide bonds. The van der Waals surface area contributed by atoms with E-state index in [-0.39, 0.29) is 18.3 Å². The molecule has 0 spiro atoms. The van der Waals surface area contributed by atoms with E-state index in [0.717, 1.165) is 15.6 Å². The molecule has 2 aromatic carbocycles. The Balaban J connectivity index is 1.76. The van der Waals surface area contributed by atoms with Crippen molar-refractivity contribution in [2.75, 3.05) is 11.9 Å². The summed E-state index contributed by atoms with van der Waals surface area (Å²) in [5, 5.41) is 5.97. The van der Waals surface area contributed by atoms with Gasteiger partial charge in [-0.3, -0.25) is 9.59 Å². The molecule has 0 atom stereocenters. The van der Waals surface area contributed by atoms with E-state index in [9.17, 15) is 9.59 Å². The Morgan fingerprint density at radius 1 is 1.20 bits per heavy atom. The molecular formula is C19H16ClNO3S. The number of amides is 1. The van der Waals surface area contributed by atoms with Gasteiger partial charge in [0.05, 0.1) is 29.3 Å². The lowest BCUT2D eigenvalue weighted by molar-refractivity contribution is -0.142. The molecule has 3 aromatic rings. The van der Waals surface area contributed by atoms with E-state index < -0.39 is 0 Å². The van der Waals surface area contributed by atoms with Gasteiger partial charge in [0.25, 0.3) is 5.91 Å². The van der Waals surface area contributed by atoms with Crippen molar-refractivity contribution in [2.24, 2.45) is 0 Å². The van der Waals surface area contributed by atoms with Crippen LogP contribution in [0.15, 0.2) is 47.8 Å². The molecule has 25 heavy (non-hydrogen) atoms. The molecule has 0 aliphatic carbocycles. The van der Waals surface area contributed by atoms with Crippen molar-refractivity contribution in [3.63, 3.8) is 0 Å². The van der Waals surface area contributed by atoms with E-state index in [0.29, 0.717) is 22.9 Å². The molecule has 0 saturated carbocycles. The highest BCUT2D eigenvalue weighted by Crippen LogP contribution is 2.28. The zero-order valence-electron chi connectivity index (χ0n) is 13.5. The predicted octanol–water partition coefficient (Wildman–Crippen LogP) is 4.91. The van der Waals surface area contributed by atoms with Gasteiger partial charge in [0.1, 0.15) is 0 Å². The molecule has 128 valence electrons. The molecule has 0 bridgehead atoms. The van der Waals surface area contributed by atoms with Gasteiger partial charge < -0.3 is 10.1 Å². The molecule has 0 aliphatic heterocycles. The topological polar surface area (TPSA) is 55.4 Å².